The van der Waals surface area contributed by atoms with Crippen LogP contribution in [0.25, 0.3) is 0 Å². The van der Waals surface area contributed by atoms with Crippen molar-refractivity contribution in [1.82, 2.24) is 15.1 Å². The Labute approximate surface area is 142 Å². The summed E-state index contributed by atoms with van der Waals surface area (Å²) in [5, 5.41) is 3.22. The van der Waals surface area contributed by atoms with Crippen LogP contribution in [0.3, 0.4) is 0 Å². The first-order valence-corrected chi connectivity index (χ1v) is 8.01. The van der Waals surface area contributed by atoms with Crippen molar-refractivity contribution in [2.75, 3.05) is 47.4 Å². The van der Waals surface area contributed by atoms with Gasteiger partial charge < -0.3 is 19.9 Å². The molecule has 0 fully saturated rings. The van der Waals surface area contributed by atoms with Crippen LogP contribution in [0.1, 0.15) is 11.1 Å². The summed E-state index contributed by atoms with van der Waals surface area (Å²) in [7, 11) is 5.04. The average Bonchev–Trinajstić information content (AvgIpc) is 2.56. The SMILES string of the molecule is COCCNC(=NCC(=O)N(C)C)N1CCc2ccc(F)cc2C1. The minimum absolute atomic E-state index is 0.0653. The number of guanidine groups is 1. The van der Waals surface area contributed by atoms with E-state index >= 15 is 0 Å². The number of nitrogens with one attached hydrogen (secondary N) is 1. The van der Waals surface area contributed by atoms with Crippen molar-refractivity contribution in [3.8, 4) is 0 Å². The molecule has 1 aliphatic rings. The van der Waals surface area contributed by atoms with Crippen LogP contribution >= 0.6 is 0 Å². The molecule has 0 aromatic heterocycles. The lowest BCUT2D eigenvalue weighted by Gasteiger charge is -2.32. The summed E-state index contributed by atoms with van der Waals surface area (Å²) < 4.78 is 18.5. The molecule has 7 heteroatoms. The molecule has 0 saturated carbocycles. The maximum Gasteiger partial charge on any atom is 0.243 e. The zero-order valence-electron chi connectivity index (χ0n) is 14.5. The minimum atomic E-state index is -0.232. The molecular formula is C17H25FN4O2. The summed E-state index contributed by atoms with van der Waals surface area (Å²) in [6.07, 6.45) is 0.822. The van der Waals surface area contributed by atoms with Crippen molar-refractivity contribution in [2.45, 2.75) is 13.0 Å². The van der Waals surface area contributed by atoms with Crippen molar-refractivity contribution >= 4 is 11.9 Å². The summed E-state index contributed by atoms with van der Waals surface area (Å²) in [6, 6.07) is 4.90. The van der Waals surface area contributed by atoms with Gasteiger partial charge in [0.15, 0.2) is 5.96 Å². The van der Waals surface area contributed by atoms with E-state index in [2.05, 4.69) is 10.3 Å². The van der Waals surface area contributed by atoms with Gasteiger partial charge in [0.25, 0.3) is 0 Å². The molecule has 0 aliphatic carbocycles. The van der Waals surface area contributed by atoms with Gasteiger partial charge in [-0.15, -0.1) is 0 Å². The van der Waals surface area contributed by atoms with Gasteiger partial charge in [-0.1, -0.05) is 6.07 Å². The van der Waals surface area contributed by atoms with Gasteiger partial charge in [-0.25, -0.2) is 9.38 Å². The number of rotatable bonds is 5. The molecule has 132 valence electrons. The third kappa shape index (κ3) is 4.92. The molecular weight excluding hydrogens is 311 g/mol. The number of nitrogens with zero attached hydrogens (tertiary/aromatic N) is 3. The number of hydrogen-bond donors (Lipinski definition) is 1. The van der Waals surface area contributed by atoms with Gasteiger partial charge >= 0.3 is 0 Å². The topological polar surface area (TPSA) is 57.2 Å². The molecule has 1 amide bonds. The van der Waals surface area contributed by atoms with Crippen molar-refractivity contribution in [3.05, 3.63) is 35.1 Å². The number of amides is 1. The maximum absolute atomic E-state index is 13.5. The monoisotopic (exact) mass is 336 g/mol. The summed E-state index contributed by atoms with van der Waals surface area (Å²) in [6.45, 7) is 2.56. The molecule has 6 nitrogen and oxygen atoms in total. The minimum Gasteiger partial charge on any atom is -0.383 e. The molecule has 2 rings (SSSR count). The third-order valence-electron chi connectivity index (χ3n) is 3.93. The molecule has 0 bridgehead atoms. The fraction of sp³-hybridized carbons (Fsp3) is 0.529. The Morgan fingerprint density at radius 3 is 2.92 bits per heavy atom. The Bertz CT molecular complexity index is 604. The Hall–Kier alpha value is -2.15. The van der Waals surface area contributed by atoms with Gasteiger partial charge in [-0.2, -0.15) is 0 Å². The van der Waals surface area contributed by atoms with Crippen LogP contribution in [0.5, 0.6) is 0 Å². The first kappa shape index (κ1) is 18.2. The number of ether oxygens (including phenoxy) is 1. The number of aliphatic imine (C=N–C) groups is 1. The van der Waals surface area contributed by atoms with E-state index in [4.69, 9.17) is 4.74 Å². The first-order valence-electron chi connectivity index (χ1n) is 8.01. The van der Waals surface area contributed by atoms with Gasteiger partial charge in [0.2, 0.25) is 5.91 Å². The molecule has 1 aliphatic heterocycles. The highest BCUT2D eigenvalue weighted by Gasteiger charge is 2.20. The molecule has 1 N–H and O–H groups in total. The number of hydrogen-bond acceptors (Lipinski definition) is 3. The molecule has 1 aromatic rings. The van der Waals surface area contributed by atoms with E-state index in [0.29, 0.717) is 25.7 Å². The van der Waals surface area contributed by atoms with Gasteiger partial charge in [0.05, 0.1) is 6.61 Å². The first-order chi connectivity index (χ1) is 11.5. The summed E-state index contributed by atoms with van der Waals surface area (Å²) >= 11 is 0. The number of carbonyl (C=O) groups is 1. The fourth-order valence-corrected chi connectivity index (χ4v) is 2.52. The molecule has 0 unspecified atom stereocenters. The molecule has 0 spiro atoms. The van der Waals surface area contributed by atoms with Gasteiger partial charge in [0, 0.05) is 40.8 Å². The van der Waals surface area contributed by atoms with Gasteiger partial charge in [0.1, 0.15) is 12.4 Å². The number of carbonyl (C=O) groups excluding carboxylic acids is 1. The van der Waals surface area contributed by atoms with Crippen LogP contribution in [0.4, 0.5) is 4.39 Å². The van der Waals surface area contributed by atoms with E-state index in [1.165, 1.54) is 11.0 Å². The largest absolute Gasteiger partial charge is 0.383 e. The van der Waals surface area contributed by atoms with Crippen LogP contribution in [-0.2, 0) is 22.5 Å². The van der Waals surface area contributed by atoms with Crippen molar-refractivity contribution in [2.24, 2.45) is 4.99 Å². The zero-order valence-corrected chi connectivity index (χ0v) is 14.5. The quantitative estimate of drug-likeness (QED) is 0.492. The zero-order chi connectivity index (χ0) is 17.5. The predicted molar refractivity (Wildman–Crippen MR) is 91.4 cm³/mol. The number of methoxy groups -OCH3 is 1. The summed E-state index contributed by atoms with van der Waals surface area (Å²) in [5.41, 5.74) is 2.12. The van der Waals surface area contributed by atoms with Crippen LogP contribution < -0.4 is 5.32 Å². The van der Waals surface area contributed by atoms with Gasteiger partial charge in [-0.05, 0) is 29.7 Å². The highest BCUT2D eigenvalue weighted by molar-refractivity contribution is 5.85. The molecule has 24 heavy (non-hydrogen) atoms. The van der Waals surface area contributed by atoms with Crippen LogP contribution in [0.2, 0.25) is 0 Å². The number of fused-ring (bicyclic) bond motifs is 1. The molecule has 0 radical (unpaired) electrons. The second-order valence-electron chi connectivity index (χ2n) is 5.93. The Balaban J connectivity index is 2.11. The highest BCUT2D eigenvalue weighted by Crippen LogP contribution is 2.20. The predicted octanol–water partition coefficient (Wildman–Crippen LogP) is 0.864. The lowest BCUT2D eigenvalue weighted by atomic mass is 10.00. The molecule has 0 saturated heterocycles. The summed E-state index contributed by atoms with van der Waals surface area (Å²) in [4.78, 5) is 19.8. The number of halogens is 1. The molecule has 1 aromatic carbocycles. The van der Waals surface area contributed by atoms with Crippen LogP contribution in [0, 0.1) is 5.82 Å². The lowest BCUT2D eigenvalue weighted by molar-refractivity contribution is -0.127. The normalized spacial score (nSPS) is 14.3. The summed E-state index contributed by atoms with van der Waals surface area (Å²) in [5.74, 6) is 0.353. The highest BCUT2D eigenvalue weighted by atomic mass is 19.1. The Morgan fingerprint density at radius 2 is 2.21 bits per heavy atom. The van der Waals surface area contributed by atoms with Crippen molar-refractivity contribution in [1.29, 1.82) is 0 Å². The molecule has 0 atom stereocenters. The van der Waals surface area contributed by atoms with E-state index in [-0.39, 0.29) is 18.3 Å². The number of benzene rings is 1. The third-order valence-corrected chi connectivity index (χ3v) is 3.93. The van der Waals surface area contributed by atoms with E-state index in [9.17, 15) is 9.18 Å². The van der Waals surface area contributed by atoms with E-state index in [0.717, 1.165) is 24.1 Å². The number of likely N-dealkylation sites (N-methyl/N-ethyl adjacent to an activating group) is 1. The smallest absolute Gasteiger partial charge is 0.243 e. The van der Waals surface area contributed by atoms with Crippen LogP contribution in [-0.4, -0.2) is 69.1 Å². The van der Waals surface area contributed by atoms with E-state index in [1.807, 2.05) is 11.0 Å². The maximum atomic E-state index is 13.5. The van der Waals surface area contributed by atoms with Gasteiger partial charge in [-0.3, -0.25) is 4.79 Å². The lowest BCUT2D eigenvalue weighted by Crippen LogP contribution is -2.45. The second kappa shape index (κ2) is 8.63. The van der Waals surface area contributed by atoms with Crippen molar-refractivity contribution < 1.29 is 13.9 Å². The standard InChI is InChI=1S/C17H25FN4O2/c1-21(2)16(23)11-20-17(19-7-9-24-3)22-8-6-13-4-5-15(18)10-14(13)12-22/h4-5,10H,6-9,11-12H2,1-3H3,(H,19,20). The Kier molecular flexibility index (Phi) is 6.54. The molecule has 1 heterocycles. The Morgan fingerprint density at radius 1 is 1.42 bits per heavy atom. The van der Waals surface area contributed by atoms with E-state index in [1.54, 1.807) is 27.3 Å². The van der Waals surface area contributed by atoms with Crippen LogP contribution in [0.15, 0.2) is 23.2 Å². The van der Waals surface area contributed by atoms with E-state index < -0.39 is 0 Å². The fourth-order valence-electron chi connectivity index (χ4n) is 2.52. The second-order valence-corrected chi connectivity index (χ2v) is 5.93. The average molecular weight is 336 g/mol. The van der Waals surface area contributed by atoms with Crippen molar-refractivity contribution in [3.63, 3.8) is 0 Å².